The second-order valence-electron chi connectivity index (χ2n) is 6.51. The van der Waals surface area contributed by atoms with Crippen molar-refractivity contribution in [2.45, 2.75) is 58.4 Å². The molecule has 1 unspecified atom stereocenters. The predicted molar refractivity (Wildman–Crippen MR) is 87.3 cm³/mol. The molecule has 1 rings (SSSR count). The Hall–Kier alpha value is -0.860. The van der Waals surface area contributed by atoms with Gasteiger partial charge < -0.3 is 10.1 Å². The Bertz CT molecular complexity index is 364. The van der Waals surface area contributed by atoms with Crippen LogP contribution in [0, 0.1) is 0 Å². The number of ether oxygens (including phenoxy) is 1. The Morgan fingerprint density at radius 2 is 1.80 bits per heavy atom. The molecule has 20 heavy (non-hydrogen) atoms. The number of hydrogen-bond acceptors (Lipinski definition) is 2. The standard InChI is InChI=1S/C18H31NO/c1-6-13-19-17(8-7-14-20-5)15-9-11-16(12-10-15)18(2,3)4/h9-12,17,19H,6-8,13-14H2,1-5H3. The topological polar surface area (TPSA) is 21.3 Å². The van der Waals surface area contributed by atoms with E-state index in [1.807, 2.05) is 0 Å². The third-order valence-corrected chi connectivity index (χ3v) is 3.66. The molecule has 0 spiro atoms. The Kier molecular flexibility index (Phi) is 7.25. The molecule has 1 aromatic carbocycles. The molecule has 0 saturated carbocycles. The lowest BCUT2D eigenvalue weighted by Gasteiger charge is -2.22. The van der Waals surface area contributed by atoms with Gasteiger partial charge in [0.1, 0.15) is 0 Å². The fraction of sp³-hybridized carbons (Fsp3) is 0.667. The maximum atomic E-state index is 5.17. The number of rotatable bonds is 8. The lowest BCUT2D eigenvalue weighted by Crippen LogP contribution is -2.22. The lowest BCUT2D eigenvalue weighted by molar-refractivity contribution is 0.188. The van der Waals surface area contributed by atoms with Crippen molar-refractivity contribution < 1.29 is 4.74 Å². The van der Waals surface area contributed by atoms with E-state index in [1.54, 1.807) is 7.11 Å². The molecule has 0 bridgehead atoms. The van der Waals surface area contributed by atoms with Crippen LogP contribution in [0.5, 0.6) is 0 Å². The Balaban J connectivity index is 2.73. The first-order chi connectivity index (χ1) is 9.49. The molecule has 0 aliphatic carbocycles. The van der Waals surface area contributed by atoms with E-state index in [0.717, 1.165) is 26.0 Å². The SMILES string of the molecule is CCCNC(CCCOC)c1ccc(C(C)(C)C)cc1. The van der Waals surface area contributed by atoms with Crippen molar-refractivity contribution in [2.24, 2.45) is 0 Å². The fourth-order valence-corrected chi connectivity index (χ4v) is 2.35. The van der Waals surface area contributed by atoms with E-state index >= 15 is 0 Å². The first-order valence-corrected chi connectivity index (χ1v) is 7.81. The van der Waals surface area contributed by atoms with Gasteiger partial charge in [0.05, 0.1) is 0 Å². The van der Waals surface area contributed by atoms with Crippen molar-refractivity contribution in [3.05, 3.63) is 35.4 Å². The molecule has 2 nitrogen and oxygen atoms in total. The largest absolute Gasteiger partial charge is 0.385 e. The molecular formula is C18H31NO. The van der Waals surface area contributed by atoms with Crippen LogP contribution in [0.4, 0.5) is 0 Å². The normalized spacial score (nSPS) is 13.4. The van der Waals surface area contributed by atoms with Gasteiger partial charge in [0, 0.05) is 19.8 Å². The molecule has 114 valence electrons. The van der Waals surface area contributed by atoms with Gasteiger partial charge in [0.2, 0.25) is 0 Å². The van der Waals surface area contributed by atoms with Gasteiger partial charge in [-0.1, -0.05) is 52.0 Å². The molecular weight excluding hydrogens is 246 g/mol. The summed E-state index contributed by atoms with van der Waals surface area (Å²) in [7, 11) is 1.77. The molecule has 0 aromatic heterocycles. The number of nitrogens with one attached hydrogen (secondary N) is 1. The predicted octanol–water partition coefficient (Wildman–Crippen LogP) is 4.45. The van der Waals surface area contributed by atoms with Crippen molar-refractivity contribution >= 4 is 0 Å². The van der Waals surface area contributed by atoms with E-state index in [1.165, 1.54) is 17.5 Å². The van der Waals surface area contributed by atoms with E-state index in [9.17, 15) is 0 Å². The van der Waals surface area contributed by atoms with Gasteiger partial charge in [-0.25, -0.2) is 0 Å². The zero-order valence-electron chi connectivity index (χ0n) is 13.8. The minimum atomic E-state index is 0.223. The van der Waals surface area contributed by atoms with Gasteiger partial charge in [-0.2, -0.15) is 0 Å². The zero-order chi connectivity index (χ0) is 15.0. The molecule has 0 radical (unpaired) electrons. The summed E-state index contributed by atoms with van der Waals surface area (Å²) < 4.78 is 5.17. The average Bonchev–Trinajstić information content (AvgIpc) is 2.42. The maximum Gasteiger partial charge on any atom is 0.0462 e. The second kappa shape index (κ2) is 8.43. The number of methoxy groups -OCH3 is 1. The quantitative estimate of drug-likeness (QED) is 0.709. The summed E-state index contributed by atoms with van der Waals surface area (Å²) in [6.07, 6.45) is 3.39. The third kappa shape index (κ3) is 5.64. The first-order valence-electron chi connectivity index (χ1n) is 7.81. The van der Waals surface area contributed by atoms with E-state index in [2.05, 4.69) is 57.3 Å². The van der Waals surface area contributed by atoms with Gasteiger partial charge in [-0.15, -0.1) is 0 Å². The first kappa shape index (κ1) is 17.2. The highest BCUT2D eigenvalue weighted by atomic mass is 16.5. The Morgan fingerprint density at radius 3 is 2.30 bits per heavy atom. The summed E-state index contributed by atoms with van der Waals surface area (Å²) in [5, 5.41) is 3.65. The van der Waals surface area contributed by atoms with Crippen LogP contribution in [-0.4, -0.2) is 20.3 Å². The minimum absolute atomic E-state index is 0.223. The van der Waals surface area contributed by atoms with Crippen LogP contribution in [0.1, 0.15) is 64.1 Å². The van der Waals surface area contributed by atoms with Crippen molar-refractivity contribution in [3.8, 4) is 0 Å². The smallest absolute Gasteiger partial charge is 0.0462 e. The van der Waals surface area contributed by atoms with Crippen molar-refractivity contribution in [3.63, 3.8) is 0 Å². The van der Waals surface area contributed by atoms with Gasteiger partial charge in [-0.3, -0.25) is 0 Å². The summed E-state index contributed by atoms with van der Waals surface area (Å²) in [4.78, 5) is 0. The van der Waals surface area contributed by atoms with Crippen molar-refractivity contribution in [1.29, 1.82) is 0 Å². The van der Waals surface area contributed by atoms with Crippen LogP contribution in [0.15, 0.2) is 24.3 Å². The van der Waals surface area contributed by atoms with Crippen LogP contribution in [0.25, 0.3) is 0 Å². The van der Waals surface area contributed by atoms with E-state index in [4.69, 9.17) is 4.74 Å². The highest BCUT2D eigenvalue weighted by molar-refractivity contribution is 5.29. The molecule has 0 aliphatic rings. The lowest BCUT2D eigenvalue weighted by atomic mass is 9.86. The highest BCUT2D eigenvalue weighted by Crippen LogP contribution is 2.25. The molecule has 1 aromatic rings. The molecule has 0 amide bonds. The van der Waals surface area contributed by atoms with Crippen LogP contribution in [-0.2, 0) is 10.2 Å². The molecule has 0 aliphatic heterocycles. The highest BCUT2D eigenvalue weighted by Gasteiger charge is 2.15. The molecule has 0 heterocycles. The zero-order valence-corrected chi connectivity index (χ0v) is 13.8. The Morgan fingerprint density at radius 1 is 1.15 bits per heavy atom. The maximum absolute atomic E-state index is 5.17. The van der Waals surface area contributed by atoms with E-state index < -0.39 is 0 Å². The van der Waals surface area contributed by atoms with Gasteiger partial charge >= 0.3 is 0 Å². The summed E-state index contributed by atoms with van der Waals surface area (Å²) in [5.74, 6) is 0. The molecule has 1 N–H and O–H groups in total. The molecule has 0 saturated heterocycles. The van der Waals surface area contributed by atoms with Gasteiger partial charge in [0.15, 0.2) is 0 Å². The average molecular weight is 277 g/mol. The number of hydrogen-bond donors (Lipinski definition) is 1. The van der Waals surface area contributed by atoms with Crippen molar-refractivity contribution in [2.75, 3.05) is 20.3 Å². The number of benzene rings is 1. The van der Waals surface area contributed by atoms with Crippen LogP contribution < -0.4 is 5.32 Å². The molecule has 1 atom stereocenters. The van der Waals surface area contributed by atoms with Crippen LogP contribution in [0.2, 0.25) is 0 Å². The summed E-state index contributed by atoms with van der Waals surface area (Å²) in [6, 6.07) is 9.54. The fourth-order valence-electron chi connectivity index (χ4n) is 2.35. The second-order valence-corrected chi connectivity index (χ2v) is 6.51. The Labute approximate surface area is 124 Å². The van der Waals surface area contributed by atoms with Gasteiger partial charge in [-0.05, 0) is 42.3 Å². The summed E-state index contributed by atoms with van der Waals surface area (Å²) >= 11 is 0. The summed E-state index contributed by atoms with van der Waals surface area (Å²) in [6.45, 7) is 10.9. The van der Waals surface area contributed by atoms with Crippen molar-refractivity contribution in [1.82, 2.24) is 5.32 Å². The minimum Gasteiger partial charge on any atom is -0.385 e. The van der Waals surface area contributed by atoms with Crippen LogP contribution in [0.3, 0.4) is 0 Å². The molecule has 2 heteroatoms. The molecule has 0 fully saturated rings. The van der Waals surface area contributed by atoms with E-state index in [0.29, 0.717) is 6.04 Å². The monoisotopic (exact) mass is 277 g/mol. The summed E-state index contributed by atoms with van der Waals surface area (Å²) in [5.41, 5.74) is 3.01. The van der Waals surface area contributed by atoms with Gasteiger partial charge in [0.25, 0.3) is 0 Å². The van der Waals surface area contributed by atoms with Crippen LogP contribution >= 0.6 is 0 Å². The third-order valence-electron chi connectivity index (χ3n) is 3.66. The van der Waals surface area contributed by atoms with E-state index in [-0.39, 0.29) is 5.41 Å².